The Morgan fingerprint density at radius 3 is 2.63 bits per heavy atom. The molecule has 156 valence electrons. The van der Waals surface area contributed by atoms with Crippen LogP contribution in [-0.4, -0.2) is 27.1 Å². The van der Waals surface area contributed by atoms with Gasteiger partial charge in [0.05, 0.1) is 5.69 Å². The van der Waals surface area contributed by atoms with Gasteiger partial charge >= 0.3 is 5.97 Å². The molecule has 0 fully saturated rings. The average molecular weight is 409 g/mol. The predicted octanol–water partition coefficient (Wildman–Crippen LogP) is 4.92. The molecule has 0 aliphatic heterocycles. The van der Waals surface area contributed by atoms with E-state index in [1.54, 1.807) is 36.4 Å². The van der Waals surface area contributed by atoms with Gasteiger partial charge in [-0.1, -0.05) is 38.0 Å². The molecular weight excluding hydrogens is 385 g/mol. The Morgan fingerprint density at radius 2 is 1.93 bits per heavy atom. The lowest BCUT2D eigenvalue weighted by Gasteiger charge is -2.15. The van der Waals surface area contributed by atoms with Crippen LogP contribution in [0.25, 0.3) is 11.3 Å². The number of hydrogen-bond acceptors (Lipinski definition) is 5. The largest absolute Gasteiger partial charge is 0.489 e. The fourth-order valence-electron chi connectivity index (χ4n) is 2.94. The number of carbonyl (C=O) groups is 1. The molecule has 7 heteroatoms. The van der Waals surface area contributed by atoms with E-state index in [1.165, 1.54) is 12.4 Å². The van der Waals surface area contributed by atoms with Crippen molar-refractivity contribution < 1.29 is 19.0 Å². The van der Waals surface area contributed by atoms with Crippen molar-refractivity contribution in [3.05, 3.63) is 72.3 Å². The monoisotopic (exact) mass is 409 g/mol. The van der Waals surface area contributed by atoms with Crippen LogP contribution < -0.4 is 10.1 Å². The van der Waals surface area contributed by atoms with Gasteiger partial charge in [-0.3, -0.25) is 0 Å². The maximum absolute atomic E-state index is 13.7. The lowest BCUT2D eigenvalue weighted by molar-refractivity contribution is -0.138. The smallest absolute Gasteiger partial charge is 0.326 e. The number of halogens is 1. The normalized spacial score (nSPS) is 11.7. The summed E-state index contributed by atoms with van der Waals surface area (Å²) >= 11 is 0. The Balaban J connectivity index is 1.66. The first-order chi connectivity index (χ1) is 14.6. The number of aromatic nitrogens is 2. The summed E-state index contributed by atoms with van der Waals surface area (Å²) in [6.45, 7) is 2.16. The van der Waals surface area contributed by atoms with Crippen LogP contribution >= 0.6 is 0 Å². The fraction of sp³-hybridized carbons (Fsp3) is 0.261. The quantitative estimate of drug-likeness (QED) is 0.495. The third-order valence-corrected chi connectivity index (χ3v) is 4.64. The summed E-state index contributed by atoms with van der Waals surface area (Å²) in [5.74, 6) is -0.128. The topological polar surface area (TPSA) is 84.3 Å². The second-order valence-corrected chi connectivity index (χ2v) is 6.87. The van der Waals surface area contributed by atoms with Crippen molar-refractivity contribution in [3.8, 4) is 17.0 Å². The molecule has 0 bridgehead atoms. The van der Waals surface area contributed by atoms with Gasteiger partial charge in [-0.2, -0.15) is 0 Å². The number of carboxylic acids is 1. The zero-order valence-electron chi connectivity index (χ0n) is 16.7. The maximum Gasteiger partial charge on any atom is 0.326 e. The fourth-order valence-corrected chi connectivity index (χ4v) is 2.94. The van der Waals surface area contributed by atoms with Crippen LogP contribution in [0.5, 0.6) is 5.75 Å². The molecule has 1 unspecified atom stereocenters. The standard InChI is InChI=1S/C23H24FN3O3/c1-2-3-8-20(23(28)29)27-22-13-21(25-15-26-22)16-9-11-18(12-10-16)30-14-17-6-4-5-7-19(17)24/h4-7,9-13,15,20H,2-3,8,14H2,1H3,(H,28,29)(H,25,26,27). The minimum atomic E-state index is -0.903. The number of rotatable bonds is 10. The van der Waals surface area contributed by atoms with Crippen molar-refractivity contribution in [2.45, 2.75) is 38.8 Å². The van der Waals surface area contributed by atoms with Gasteiger partial charge in [0.15, 0.2) is 0 Å². The molecule has 0 saturated carbocycles. The van der Waals surface area contributed by atoms with Crippen molar-refractivity contribution in [1.82, 2.24) is 9.97 Å². The summed E-state index contributed by atoms with van der Waals surface area (Å²) in [6.07, 6.45) is 3.67. The van der Waals surface area contributed by atoms with Crippen LogP contribution in [-0.2, 0) is 11.4 Å². The molecule has 0 saturated heterocycles. The highest BCUT2D eigenvalue weighted by Crippen LogP contribution is 2.23. The van der Waals surface area contributed by atoms with Gasteiger partial charge in [-0.25, -0.2) is 19.2 Å². The number of ether oxygens (including phenoxy) is 1. The van der Waals surface area contributed by atoms with Crippen LogP contribution in [0.15, 0.2) is 60.9 Å². The number of nitrogens with one attached hydrogen (secondary N) is 1. The van der Waals surface area contributed by atoms with Gasteiger partial charge in [-0.15, -0.1) is 0 Å². The van der Waals surface area contributed by atoms with Crippen LogP contribution in [0.2, 0.25) is 0 Å². The van der Waals surface area contributed by atoms with E-state index in [4.69, 9.17) is 4.74 Å². The number of carboxylic acid groups (broad SMARTS) is 1. The van der Waals surface area contributed by atoms with Crippen LogP contribution in [0.3, 0.4) is 0 Å². The number of anilines is 1. The number of hydrogen-bond donors (Lipinski definition) is 2. The zero-order valence-corrected chi connectivity index (χ0v) is 16.7. The predicted molar refractivity (Wildman–Crippen MR) is 113 cm³/mol. The average Bonchev–Trinajstić information content (AvgIpc) is 2.76. The molecule has 0 radical (unpaired) electrons. The van der Waals surface area contributed by atoms with Gasteiger partial charge in [0.1, 0.15) is 36.4 Å². The SMILES string of the molecule is CCCCC(Nc1cc(-c2ccc(OCc3ccccc3F)cc2)ncn1)C(=O)O. The second kappa shape index (κ2) is 10.3. The Labute approximate surface area is 174 Å². The Morgan fingerprint density at radius 1 is 1.17 bits per heavy atom. The van der Waals surface area contributed by atoms with Gasteiger partial charge < -0.3 is 15.2 Å². The first kappa shape index (κ1) is 21.2. The van der Waals surface area contributed by atoms with E-state index in [0.29, 0.717) is 29.2 Å². The molecular formula is C23H24FN3O3. The van der Waals surface area contributed by atoms with E-state index in [-0.39, 0.29) is 12.4 Å². The van der Waals surface area contributed by atoms with Crippen LogP contribution in [0.4, 0.5) is 10.2 Å². The van der Waals surface area contributed by atoms with Crippen molar-refractivity contribution >= 4 is 11.8 Å². The van der Waals surface area contributed by atoms with E-state index in [1.807, 2.05) is 19.1 Å². The van der Waals surface area contributed by atoms with Crippen LogP contribution in [0, 0.1) is 5.82 Å². The van der Waals surface area contributed by atoms with E-state index in [9.17, 15) is 14.3 Å². The molecule has 2 N–H and O–H groups in total. The Bertz CT molecular complexity index is 979. The molecule has 1 aromatic heterocycles. The summed E-state index contributed by atoms with van der Waals surface area (Å²) in [4.78, 5) is 19.9. The number of nitrogens with zero attached hydrogens (tertiary/aromatic N) is 2. The molecule has 6 nitrogen and oxygen atoms in total. The lowest BCUT2D eigenvalue weighted by Crippen LogP contribution is -2.29. The Hall–Kier alpha value is -3.48. The van der Waals surface area contributed by atoms with E-state index in [0.717, 1.165) is 18.4 Å². The highest BCUT2D eigenvalue weighted by Gasteiger charge is 2.17. The summed E-state index contributed by atoms with van der Waals surface area (Å²) in [5.41, 5.74) is 1.98. The minimum absolute atomic E-state index is 0.141. The molecule has 0 aliphatic rings. The third-order valence-electron chi connectivity index (χ3n) is 4.64. The summed E-state index contributed by atoms with van der Waals surface area (Å²) in [5, 5.41) is 12.4. The van der Waals surface area contributed by atoms with E-state index >= 15 is 0 Å². The lowest BCUT2D eigenvalue weighted by atomic mass is 10.1. The molecule has 1 atom stereocenters. The highest BCUT2D eigenvalue weighted by atomic mass is 19.1. The molecule has 30 heavy (non-hydrogen) atoms. The summed E-state index contributed by atoms with van der Waals surface area (Å²) in [7, 11) is 0. The number of aliphatic carboxylic acids is 1. The molecule has 0 aliphatic carbocycles. The van der Waals surface area contributed by atoms with E-state index in [2.05, 4.69) is 15.3 Å². The van der Waals surface area contributed by atoms with Gasteiger partial charge in [0.25, 0.3) is 0 Å². The first-order valence-electron chi connectivity index (χ1n) is 9.85. The zero-order chi connectivity index (χ0) is 21.3. The molecule has 0 amide bonds. The molecule has 1 heterocycles. The molecule has 2 aromatic carbocycles. The van der Waals surface area contributed by atoms with Crippen molar-refractivity contribution in [3.63, 3.8) is 0 Å². The maximum atomic E-state index is 13.7. The van der Waals surface area contributed by atoms with Crippen molar-refractivity contribution in [2.75, 3.05) is 5.32 Å². The van der Waals surface area contributed by atoms with Gasteiger partial charge in [-0.05, 0) is 36.8 Å². The minimum Gasteiger partial charge on any atom is -0.489 e. The second-order valence-electron chi connectivity index (χ2n) is 6.87. The van der Waals surface area contributed by atoms with Crippen molar-refractivity contribution in [1.29, 1.82) is 0 Å². The van der Waals surface area contributed by atoms with Gasteiger partial charge in [0.2, 0.25) is 0 Å². The third kappa shape index (κ3) is 5.76. The molecule has 3 rings (SSSR count). The Kier molecular flexibility index (Phi) is 7.32. The number of unbranched alkanes of at least 4 members (excludes halogenated alkanes) is 1. The molecule has 3 aromatic rings. The van der Waals surface area contributed by atoms with Crippen LogP contribution in [0.1, 0.15) is 31.7 Å². The van der Waals surface area contributed by atoms with Crippen molar-refractivity contribution in [2.24, 2.45) is 0 Å². The summed E-state index contributed by atoms with van der Waals surface area (Å²) in [6, 6.07) is 14.8. The highest BCUT2D eigenvalue weighted by molar-refractivity contribution is 5.77. The summed E-state index contributed by atoms with van der Waals surface area (Å²) < 4.78 is 19.3. The van der Waals surface area contributed by atoms with Gasteiger partial charge in [0, 0.05) is 17.2 Å². The molecule has 0 spiro atoms. The van der Waals surface area contributed by atoms with E-state index < -0.39 is 12.0 Å². The number of benzene rings is 2. The first-order valence-corrected chi connectivity index (χ1v) is 9.85.